The summed E-state index contributed by atoms with van der Waals surface area (Å²) in [7, 11) is 0. The van der Waals surface area contributed by atoms with Crippen LogP contribution in [0.15, 0.2) is 41.3 Å². The minimum absolute atomic E-state index is 0.241. The van der Waals surface area contributed by atoms with E-state index >= 15 is 0 Å². The molecule has 0 radical (unpaired) electrons. The van der Waals surface area contributed by atoms with Crippen molar-refractivity contribution in [3.8, 4) is 6.07 Å². The fraction of sp³-hybridized carbons (Fsp3) is 0.0833. The fourth-order valence-corrected chi connectivity index (χ4v) is 1.42. The monoisotopic (exact) mass is 226 g/mol. The maximum atomic E-state index is 11.5. The fourth-order valence-electron chi connectivity index (χ4n) is 1.42. The van der Waals surface area contributed by atoms with E-state index in [4.69, 9.17) is 11.0 Å². The Labute approximate surface area is 97.7 Å². The molecule has 0 amide bonds. The summed E-state index contributed by atoms with van der Waals surface area (Å²) in [5.41, 5.74) is 7.05. The molecule has 84 valence electrons. The summed E-state index contributed by atoms with van der Waals surface area (Å²) in [6.07, 6.45) is 1.44. The first-order valence-electron chi connectivity index (χ1n) is 5.01. The number of aromatic nitrogens is 2. The van der Waals surface area contributed by atoms with Crippen LogP contribution in [0.1, 0.15) is 11.1 Å². The quantitative estimate of drug-likeness (QED) is 0.818. The van der Waals surface area contributed by atoms with Crippen LogP contribution in [0.4, 0.5) is 5.69 Å². The minimum atomic E-state index is -0.241. The molecule has 2 rings (SSSR count). The predicted molar refractivity (Wildman–Crippen MR) is 63.2 cm³/mol. The van der Waals surface area contributed by atoms with Crippen molar-refractivity contribution < 1.29 is 0 Å². The van der Waals surface area contributed by atoms with Gasteiger partial charge in [0.05, 0.1) is 30.1 Å². The van der Waals surface area contributed by atoms with Crippen molar-refractivity contribution in [1.82, 2.24) is 9.78 Å². The summed E-state index contributed by atoms with van der Waals surface area (Å²) in [5, 5.41) is 12.6. The Bertz CT molecular complexity index is 622. The van der Waals surface area contributed by atoms with E-state index in [1.807, 2.05) is 6.07 Å². The molecule has 0 saturated carbocycles. The van der Waals surface area contributed by atoms with Gasteiger partial charge in [-0.3, -0.25) is 4.79 Å². The Hall–Kier alpha value is -2.61. The van der Waals surface area contributed by atoms with E-state index in [9.17, 15) is 4.79 Å². The molecule has 0 atom stereocenters. The van der Waals surface area contributed by atoms with Crippen LogP contribution in [-0.2, 0) is 6.54 Å². The van der Waals surface area contributed by atoms with Gasteiger partial charge in [-0.2, -0.15) is 10.4 Å². The average molecular weight is 226 g/mol. The zero-order valence-electron chi connectivity index (χ0n) is 9.00. The Morgan fingerprint density at radius 2 is 2.06 bits per heavy atom. The number of hydrogen-bond acceptors (Lipinski definition) is 4. The molecule has 2 N–H and O–H groups in total. The normalized spacial score (nSPS) is 9.82. The van der Waals surface area contributed by atoms with Crippen molar-refractivity contribution in [3.63, 3.8) is 0 Å². The molecule has 0 saturated heterocycles. The number of rotatable bonds is 2. The summed E-state index contributed by atoms with van der Waals surface area (Å²) in [6, 6.07) is 10.4. The highest BCUT2D eigenvalue weighted by Crippen LogP contribution is 2.04. The largest absolute Gasteiger partial charge is 0.397 e. The van der Waals surface area contributed by atoms with Gasteiger partial charge in [-0.25, -0.2) is 4.68 Å². The second kappa shape index (κ2) is 4.49. The first-order chi connectivity index (χ1) is 8.19. The highest BCUT2D eigenvalue weighted by molar-refractivity contribution is 5.33. The van der Waals surface area contributed by atoms with Crippen LogP contribution >= 0.6 is 0 Å². The first kappa shape index (κ1) is 10.9. The molecule has 17 heavy (non-hydrogen) atoms. The third kappa shape index (κ3) is 2.49. The third-order valence-corrected chi connectivity index (χ3v) is 2.31. The lowest BCUT2D eigenvalue weighted by Crippen LogP contribution is -2.22. The smallest absolute Gasteiger partial charge is 0.269 e. The maximum absolute atomic E-state index is 11.5. The zero-order chi connectivity index (χ0) is 12.3. The Balaban J connectivity index is 2.26. The molecule has 5 nitrogen and oxygen atoms in total. The maximum Gasteiger partial charge on any atom is 0.269 e. The number of benzene rings is 1. The first-order valence-corrected chi connectivity index (χ1v) is 5.01. The Morgan fingerprint density at radius 1 is 1.35 bits per heavy atom. The standard InChI is InChI=1S/C12H10N4O/c13-6-9-1-3-10(4-2-9)8-16-12(17)5-11(14)7-15-16/h1-5,7H,8,14H2. The molecule has 0 bridgehead atoms. The SMILES string of the molecule is N#Cc1ccc(Cn2ncc(N)cc2=O)cc1. The molecule has 0 aliphatic carbocycles. The minimum Gasteiger partial charge on any atom is -0.397 e. The van der Waals surface area contributed by atoms with Crippen LogP contribution in [0.25, 0.3) is 0 Å². The van der Waals surface area contributed by atoms with Gasteiger partial charge in [-0.1, -0.05) is 12.1 Å². The van der Waals surface area contributed by atoms with Crippen molar-refractivity contribution in [2.45, 2.75) is 6.54 Å². The van der Waals surface area contributed by atoms with E-state index in [0.717, 1.165) is 5.56 Å². The molecule has 0 spiro atoms. The number of anilines is 1. The summed E-state index contributed by atoms with van der Waals surface area (Å²) in [6.45, 7) is 0.366. The molecule has 1 aromatic heterocycles. The highest BCUT2D eigenvalue weighted by Gasteiger charge is 2.00. The number of hydrogen-bond donors (Lipinski definition) is 1. The summed E-state index contributed by atoms with van der Waals surface area (Å²) in [5.74, 6) is 0. The van der Waals surface area contributed by atoms with Crippen LogP contribution in [-0.4, -0.2) is 9.78 Å². The van der Waals surface area contributed by atoms with Gasteiger partial charge >= 0.3 is 0 Å². The van der Waals surface area contributed by atoms with Crippen molar-refractivity contribution in [2.75, 3.05) is 5.73 Å². The van der Waals surface area contributed by atoms with E-state index < -0.39 is 0 Å². The molecule has 1 heterocycles. The number of nitrogen functional groups attached to an aromatic ring is 1. The van der Waals surface area contributed by atoms with Crippen LogP contribution in [0.3, 0.4) is 0 Å². The van der Waals surface area contributed by atoms with Crippen molar-refractivity contribution in [3.05, 3.63) is 58.0 Å². The second-order valence-electron chi connectivity index (χ2n) is 3.59. The topological polar surface area (TPSA) is 84.7 Å². The van der Waals surface area contributed by atoms with Gasteiger partial charge in [-0.15, -0.1) is 0 Å². The molecule has 5 heteroatoms. The van der Waals surface area contributed by atoms with E-state index in [1.165, 1.54) is 16.9 Å². The number of nitriles is 1. The Kier molecular flexibility index (Phi) is 2.88. The molecule has 0 fully saturated rings. The zero-order valence-corrected chi connectivity index (χ0v) is 9.00. The van der Waals surface area contributed by atoms with E-state index in [0.29, 0.717) is 17.8 Å². The van der Waals surface area contributed by atoms with Crippen molar-refractivity contribution in [1.29, 1.82) is 5.26 Å². The summed E-state index contributed by atoms with van der Waals surface area (Å²) >= 11 is 0. The van der Waals surface area contributed by atoms with Crippen LogP contribution in [0.2, 0.25) is 0 Å². The molecule has 0 unspecified atom stereocenters. The lowest BCUT2D eigenvalue weighted by atomic mass is 10.1. The molecule has 0 aliphatic heterocycles. The number of nitrogens with zero attached hydrogens (tertiary/aromatic N) is 3. The third-order valence-electron chi connectivity index (χ3n) is 2.31. The van der Waals surface area contributed by atoms with E-state index in [-0.39, 0.29) is 5.56 Å². The van der Waals surface area contributed by atoms with Crippen LogP contribution in [0.5, 0.6) is 0 Å². The predicted octanol–water partition coefficient (Wildman–Crippen LogP) is 0.745. The van der Waals surface area contributed by atoms with Gasteiger partial charge in [-0.05, 0) is 17.7 Å². The van der Waals surface area contributed by atoms with Gasteiger partial charge in [0.25, 0.3) is 5.56 Å². The molecular formula is C12H10N4O. The number of nitrogens with two attached hydrogens (primary N) is 1. The van der Waals surface area contributed by atoms with Crippen molar-refractivity contribution >= 4 is 5.69 Å². The lowest BCUT2D eigenvalue weighted by Gasteiger charge is -2.04. The van der Waals surface area contributed by atoms with Crippen LogP contribution < -0.4 is 11.3 Å². The van der Waals surface area contributed by atoms with Crippen LogP contribution in [0, 0.1) is 11.3 Å². The van der Waals surface area contributed by atoms with E-state index in [1.54, 1.807) is 24.3 Å². The Morgan fingerprint density at radius 3 is 2.65 bits per heavy atom. The van der Waals surface area contributed by atoms with Gasteiger partial charge in [0, 0.05) is 6.07 Å². The van der Waals surface area contributed by atoms with Gasteiger partial charge in [0.2, 0.25) is 0 Å². The molecule has 0 aliphatic rings. The average Bonchev–Trinajstić information content (AvgIpc) is 2.34. The summed E-state index contributed by atoms with van der Waals surface area (Å²) < 4.78 is 1.32. The van der Waals surface area contributed by atoms with Gasteiger partial charge < -0.3 is 5.73 Å². The van der Waals surface area contributed by atoms with Gasteiger partial charge in [0.1, 0.15) is 0 Å². The molecule has 2 aromatic rings. The lowest BCUT2D eigenvalue weighted by molar-refractivity contribution is 0.640. The van der Waals surface area contributed by atoms with Gasteiger partial charge in [0.15, 0.2) is 0 Å². The van der Waals surface area contributed by atoms with E-state index in [2.05, 4.69) is 5.10 Å². The highest BCUT2D eigenvalue weighted by atomic mass is 16.1. The second-order valence-corrected chi connectivity index (χ2v) is 3.59. The van der Waals surface area contributed by atoms with Crippen molar-refractivity contribution in [2.24, 2.45) is 0 Å². The summed E-state index contributed by atoms with van der Waals surface area (Å²) in [4.78, 5) is 11.5. The molecule has 1 aromatic carbocycles. The molecular weight excluding hydrogens is 216 g/mol.